The van der Waals surface area contributed by atoms with Gasteiger partial charge in [-0.15, -0.1) is 5.06 Å². The number of fused-ring (bicyclic) bond motifs is 1. The third kappa shape index (κ3) is 3.27. The zero-order chi connectivity index (χ0) is 16.9. The van der Waals surface area contributed by atoms with Crippen LogP contribution in [0.4, 0.5) is 0 Å². The summed E-state index contributed by atoms with van der Waals surface area (Å²) in [6.45, 7) is 1.95. The van der Waals surface area contributed by atoms with Crippen molar-refractivity contribution in [2.75, 3.05) is 6.61 Å². The second-order valence-corrected chi connectivity index (χ2v) is 5.25. The lowest BCUT2D eigenvalue weighted by atomic mass is 10.1. The van der Waals surface area contributed by atoms with Crippen LogP contribution in [0.15, 0.2) is 66.2 Å². The molecule has 4 heteroatoms. The Morgan fingerprint density at radius 1 is 1.00 bits per heavy atom. The van der Waals surface area contributed by atoms with Gasteiger partial charge in [0.15, 0.2) is 0 Å². The van der Waals surface area contributed by atoms with Crippen molar-refractivity contribution in [3.63, 3.8) is 0 Å². The maximum atomic E-state index is 12.1. The molecule has 2 aromatic carbocycles. The molecule has 1 heterocycles. The summed E-state index contributed by atoms with van der Waals surface area (Å²) in [7, 11) is 0. The average molecular weight is 317 g/mol. The van der Waals surface area contributed by atoms with E-state index in [1.54, 1.807) is 30.3 Å². The van der Waals surface area contributed by atoms with Crippen LogP contribution >= 0.6 is 0 Å². The highest BCUT2D eigenvalue weighted by atomic mass is 16.7. The minimum Gasteiger partial charge on any atom is -0.266 e. The van der Waals surface area contributed by atoms with Crippen molar-refractivity contribution in [2.45, 2.75) is 6.92 Å². The van der Waals surface area contributed by atoms with Crippen molar-refractivity contribution in [1.29, 1.82) is 0 Å². The smallest absolute Gasteiger partial charge is 0.266 e. The molecule has 0 unspecified atom stereocenters. The van der Waals surface area contributed by atoms with Gasteiger partial charge in [-0.1, -0.05) is 42.2 Å². The molecule has 2 aromatic rings. The highest BCUT2D eigenvalue weighted by Crippen LogP contribution is 2.22. The molecule has 4 nitrogen and oxygen atoms in total. The number of benzene rings is 2. The van der Waals surface area contributed by atoms with Gasteiger partial charge in [0, 0.05) is 5.56 Å². The van der Waals surface area contributed by atoms with Crippen molar-refractivity contribution in [1.82, 2.24) is 5.06 Å². The van der Waals surface area contributed by atoms with E-state index in [1.165, 1.54) is 0 Å². The second-order valence-electron chi connectivity index (χ2n) is 5.25. The van der Waals surface area contributed by atoms with Crippen LogP contribution in [-0.2, 0) is 4.84 Å². The highest BCUT2D eigenvalue weighted by molar-refractivity contribution is 6.20. The number of hydroxylamine groups is 2. The van der Waals surface area contributed by atoms with Gasteiger partial charge < -0.3 is 0 Å². The van der Waals surface area contributed by atoms with Crippen LogP contribution in [0.1, 0.15) is 33.2 Å². The van der Waals surface area contributed by atoms with Gasteiger partial charge in [0.1, 0.15) is 0 Å². The van der Waals surface area contributed by atoms with Gasteiger partial charge in [0.25, 0.3) is 11.8 Å². The van der Waals surface area contributed by atoms with E-state index in [-0.39, 0.29) is 6.61 Å². The fraction of sp³-hybridized carbons (Fsp3) is 0.100. The predicted octanol–water partition coefficient (Wildman–Crippen LogP) is 3.21. The van der Waals surface area contributed by atoms with Gasteiger partial charge >= 0.3 is 0 Å². The number of carbonyl (C=O) groups excluding carboxylic acids is 2. The molecule has 0 atom stereocenters. The van der Waals surface area contributed by atoms with E-state index in [9.17, 15) is 9.59 Å². The van der Waals surface area contributed by atoms with E-state index < -0.39 is 11.8 Å². The Hall–Kier alpha value is -3.16. The van der Waals surface area contributed by atoms with Gasteiger partial charge in [-0.25, -0.2) is 0 Å². The number of hydrogen-bond acceptors (Lipinski definition) is 3. The Labute approximate surface area is 140 Å². The van der Waals surface area contributed by atoms with Crippen molar-refractivity contribution in [3.8, 4) is 11.8 Å². The molecular formula is C20H15NO3. The lowest BCUT2D eigenvalue weighted by Crippen LogP contribution is -2.30. The molecule has 2 amide bonds. The van der Waals surface area contributed by atoms with Crippen LogP contribution < -0.4 is 0 Å². The van der Waals surface area contributed by atoms with E-state index in [0.717, 1.165) is 16.2 Å². The van der Waals surface area contributed by atoms with Gasteiger partial charge in [-0.05, 0) is 42.8 Å². The lowest BCUT2D eigenvalue weighted by Gasteiger charge is -2.11. The van der Waals surface area contributed by atoms with Crippen LogP contribution in [0.25, 0.3) is 0 Å². The first-order valence-corrected chi connectivity index (χ1v) is 7.51. The minimum absolute atomic E-state index is 0.0980. The van der Waals surface area contributed by atoms with Gasteiger partial charge in [0.05, 0.1) is 17.7 Å². The highest BCUT2D eigenvalue weighted by Gasteiger charge is 2.36. The summed E-state index contributed by atoms with van der Waals surface area (Å²) in [6.07, 6.45) is 1.74. The normalized spacial score (nSPS) is 13.5. The largest absolute Gasteiger partial charge is 0.285 e. The Morgan fingerprint density at radius 3 is 2.21 bits per heavy atom. The third-order valence-corrected chi connectivity index (χ3v) is 3.53. The molecule has 0 fully saturated rings. The summed E-state index contributed by atoms with van der Waals surface area (Å²) in [5.74, 6) is 5.17. The summed E-state index contributed by atoms with van der Waals surface area (Å²) >= 11 is 0. The second kappa shape index (κ2) is 6.95. The molecular weight excluding hydrogens is 302 g/mol. The molecule has 0 spiro atoms. The maximum Gasteiger partial charge on any atom is 0.285 e. The first-order chi connectivity index (χ1) is 11.7. The fourth-order valence-corrected chi connectivity index (χ4v) is 2.26. The minimum atomic E-state index is -0.433. The quantitative estimate of drug-likeness (QED) is 0.645. The number of imide groups is 1. The SMILES string of the molecule is CC(C#Cc1ccccc1)=CCON1C(=O)c2ccccc2C1=O. The van der Waals surface area contributed by atoms with E-state index in [4.69, 9.17) is 4.84 Å². The van der Waals surface area contributed by atoms with Crippen molar-refractivity contribution >= 4 is 11.8 Å². The Kier molecular flexibility index (Phi) is 4.55. The van der Waals surface area contributed by atoms with Crippen LogP contribution in [0.3, 0.4) is 0 Å². The van der Waals surface area contributed by atoms with Crippen molar-refractivity contribution in [2.24, 2.45) is 0 Å². The predicted molar refractivity (Wildman–Crippen MR) is 90.0 cm³/mol. The average Bonchev–Trinajstić information content (AvgIpc) is 2.86. The van der Waals surface area contributed by atoms with E-state index >= 15 is 0 Å². The molecule has 0 saturated heterocycles. The summed E-state index contributed by atoms with van der Waals surface area (Å²) in [5, 5.41) is 0.805. The van der Waals surface area contributed by atoms with Crippen molar-refractivity contribution in [3.05, 3.63) is 82.9 Å². The number of allylic oxidation sites excluding steroid dienone is 1. The summed E-state index contributed by atoms with van der Waals surface area (Å²) < 4.78 is 0. The molecule has 0 N–H and O–H groups in total. The van der Waals surface area contributed by atoms with Crippen LogP contribution in [0.2, 0.25) is 0 Å². The van der Waals surface area contributed by atoms with E-state index in [2.05, 4.69) is 11.8 Å². The number of rotatable bonds is 3. The fourth-order valence-electron chi connectivity index (χ4n) is 2.26. The molecule has 24 heavy (non-hydrogen) atoms. The summed E-state index contributed by atoms with van der Waals surface area (Å²) in [6, 6.07) is 16.3. The number of hydrogen-bond donors (Lipinski definition) is 0. The zero-order valence-electron chi connectivity index (χ0n) is 13.2. The van der Waals surface area contributed by atoms with Gasteiger partial charge in [-0.3, -0.25) is 14.4 Å². The maximum absolute atomic E-state index is 12.1. The van der Waals surface area contributed by atoms with Gasteiger partial charge in [0.2, 0.25) is 0 Å². The molecule has 3 rings (SSSR count). The Bertz CT molecular complexity index is 838. The van der Waals surface area contributed by atoms with E-state index in [0.29, 0.717) is 11.1 Å². The Morgan fingerprint density at radius 2 is 1.58 bits per heavy atom. The molecule has 1 aliphatic rings. The summed E-state index contributed by atoms with van der Waals surface area (Å²) in [5.41, 5.74) is 2.46. The van der Waals surface area contributed by atoms with Crippen LogP contribution in [0.5, 0.6) is 0 Å². The Balaban J connectivity index is 1.62. The molecule has 0 saturated carbocycles. The standard InChI is InChI=1S/C20H15NO3/c1-15(11-12-16-7-3-2-4-8-16)13-14-24-21-19(22)17-9-5-6-10-18(17)20(21)23/h2-10,13H,14H2,1H3. The molecule has 118 valence electrons. The van der Waals surface area contributed by atoms with Crippen molar-refractivity contribution < 1.29 is 14.4 Å². The molecule has 0 aliphatic carbocycles. The van der Waals surface area contributed by atoms with Crippen LogP contribution in [-0.4, -0.2) is 23.5 Å². The van der Waals surface area contributed by atoms with E-state index in [1.807, 2.05) is 37.3 Å². The third-order valence-electron chi connectivity index (χ3n) is 3.53. The topological polar surface area (TPSA) is 46.6 Å². The van der Waals surface area contributed by atoms with Crippen LogP contribution in [0, 0.1) is 11.8 Å². The molecule has 1 aliphatic heterocycles. The molecule has 0 aromatic heterocycles. The van der Waals surface area contributed by atoms with Gasteiger partial charge in [-0.2, -0.15) is 0 Å². The number of amides is 2. The molecule has 0 radical (unpaired) electrons. The molecule has 0 bridgehead atoms. The summed E-state index contributed by atoms with van der Waals surface area (Å²) in [4.78, 5) is 29.6. The monoisotopic (exact) mass is 317 g/mol. The number of nitrogens with zero attached hydrogens (tertiary/aromatic N) is 1. The lowest BCUT2D eigenvalue weighted by molar-refractivity contribution is -0.0802. The first kappa shape index (κ1) is 15.7. The first-order valence-electron chi connectivity index (χ1n) is 7.51. The zero-order valence-corrected chi connectivity index (χ0v) is 13.2. The number of carbonyl (C=O) groups is 2.